The molecule has 9 nitrogen and oxygen atoms in total. The second-order valence-electron chi connectivity index (χ2n) is 14.6. The Hall–Kier alpha value is -5.22. The Balaban J connectivity index is 1.10. The van der Waals surface area contributed by atoms with Crippen molar-refractivity contribution in [1.82, 2.24) is 9.80 Å². The predicted molar refractivity (Wildman–Crippen MR) is 206 cm³/mol. The fraction of sp³-hybridized carbons (Fsp3) is 0.333. The van der Waals surface area contributed by atoms with E-state index in [0.717, 1.165) is 67.0 Å². The number of benzene rings is 5. The van der Waals surface area contributed by atoms with Crippen molar-refractivity contribution in [3.63, 3.8) is 0 Å². The summed E-state index contributed by atoms with van der Waals surface area (Å²) in [6.45, 7) is 3.43. The number of nitrogens with zero attached hydrogens (tertiary/aromatic N) is 2. The number of likely N-dealkylation sites (N-methyl/N-ethyl adjacent to an activating group) is 2. The lowest BCUT2D eigenvalue weighted by molar-refractivity contribution is 0.0881. The van der Waals surface area contributed by atoms with Gasteiger partial charge in [-0.05, 0) is 116 Å². The summed E-state index contributed by atoms with van der Waals surface area (Å²) < 4.78 is 44.0. The molecule has 278 valence electrons. The monoisotopic (exact) mass is 726 g/mol. The fourth-order valence-electron chi connectivity index (χ4n) is 8.25. The van der Waals surface area contributed by atoms with E-state index < -0.39 is 0 Å². The average Bonchev–Trinajstić information content (AvgIpc) is 3.67. The van der Waals surface area contributed by atoms with Crippen LogP contribution in [0.15, 0.2) is 91.0 Å². The third-order valence-electron chi connectivity index (χ3n) is 11.2. The van der Waals surface area contributed by atoms with E-state index >= 15 is 0 Å². The Labute approximate surface area is 316 Å². The van der Waals surface area contributed by atoms with Gasteiger partial charge in [0.15, 0.2) is 34.5 Å². The number of methoxy groups -OCH3 is 1. The maximum absolute atomic E-state index is 7.06. The molecule has 0 N–H and O–H groups in total. The largest absolute Gasteiger partial charge is 0.493 e. The van der Waals surface area contributed by atoms with Crippen LogP contribution in [0.3, 0.4) is 0 Å². The lowest BCUT2D eigenvalue weighted by Gasteiger charge is -2.37. The number of hydrogen-bond donors (Lipinski definition) is 0. The van der Waals surface area contributed by atoms with Gasteiger partial charge in [0, 0.05) is 30.7 Å². The highest BCUT2D eigenvalue weighted by atomic mass is 16.7. The fourth-order valence-corrected chi connectivity index (χ4v) is 8.25. The molecule has 0 fully saturated rings. The number of hydrogen-bond acceptors (Lipinski definition) is 9. The highest BCUT2D eigenvalue weighted by Crippen LogP contribution is 2.53. The summed E-state index contributed by atoms with van der Waals surface area (Å²) in [6.07, 6.45) is 3.35. The van der Waals surface area contributed by atoms with E-state index in [1.54, 1.807) is 7.11 Å². The van der Waals surface area contributed by atoms with E-state index in [1.165, 1.54) is 22.3 Å². The molecule has 5 aromatic carbocycles. The van der Waals surface area contributed by atoms with E-state index in [1.807, 2.05) is 24.3 Å². The molecular formula is C45H46N2O7. The highest BCUT2D eigenvalue weighted by Gasteiger charge is 2.36. The summed E-state index contributed by atoms with van der Waals surface area (Å²) in [4.78, 5) is 4.84. The lowest BCUT2D eigenvalue weighted by Crippen LogP contribution is -2.34. The SMILES string of the molecule is COc1cc2c3cc1Oc1c4c(cc5c1[C@H](Cc1ccc(cc1)Oc1cc(ccc1OCCOCc1ccccc1)C[C@H]3N(C)CC2)N(C)CC5)OCO4. The maximum Gasteiger partial charge on any atom is 0.231 e. The van der Waals surface area contributed by atoms with Crippen LogP contribution in [0.25, 0.3) is 0 Å². The first-order chi connectivity index (χ1) is 26.5. The zero-order valence-electron chi connectivity index (χ0n) is 31.1. The zero-order valence-corrected chi connectivity index (χ0v) is 31.1. The highest BCUT2D eigenvalue weighted by molar-refractivity contribution is 5.64. The number of ether oxygens (including phenoxy) is 7. The first kappa shape index (κ1) is 34.5. The van der Waals surface area contributed by atoms with Crippen molar-refractivity contribution in [2.24, 2.45) is 0 Å². The predicted octanol–water partition coefficient (Wildman–Crippen LogP) is 8.46. The van der Waals surface area contributed by atoms with Crippen LogP contribution < -0.4 is 28.4 Å². The van der Waals surface area contributed by atoms with Crippen molar-refractivity contribution < 1.29 is 33.2 Å². The molecule has 0 radical (unpaired) electrons. The quantitative estimate of drug-likeness (QED) is 0.154. The summed E-state index contributed by atoms with van der Waals surface area (Å²) in [5, 5.41) is 0. The first-order valence-electron chi connectivity index (χ1n) is 18.9. The van der Waals surface area contributed by atoms with Crippen molar-refractivity contribution in [2.75, 3.05) is 54.3 Å². The smallest absolute Gasteiger partial charge is 0.231 e. The molecule has 0 saturated heterocycles. The molecule has 5 heterocycles. The van der Waals surface area contributed by atoms with Crippen molar-refractivity contribution in [3.05, 3.63) is 130 Å². The maximum atomic E-state index is 7.06. The average molecular weight is 727 g/mol. The number of fused-ring (bicyclic) bond motifs is 3. The lowest BCUT2D eigenvalue weighted by atomic mass is 9.87. The van der Waals surface area contributed by atoms with Gasteiger partial charge in [-0.1, -0.05) is 48.5 Å². The van der Waals surface area contributed by atoms with Gasteiger partial charge in [0.25, 0.3) is 0 Å². The minimum absolute atomic E-state index is 0.0483. The van der Waals surface area contributed by atoms with Gasteiger partial charge < -0.3 is 33.2 Å². The molecule has 5 aliphatic rings. The van der Waals surface area contributed by atoms with Gasteiger partial charge in [-0.2, -0.15) is 0 Å². The van der Waals surface area contributed by atoms with Crippen molar-refractivity contribution in [2.45, 2.75) is 44.4 Å². The van der Waals surface area contributed by atoms with Crippen LogP contribution in [0, 0.1) is 0 Å². The van der Waals surface area contributed by atoms with Gasteiger partial charge in [0.2, 0.25) is 12.5 Å². The summed E-state index contributed by atoms with van der Waals surface area (Å²) >= 11 is 0. The van der Waals surface area contributed by atoms with Crippen LogP contribution >= 0.6 is 0 Å². The molecule has 54 heavy (non-hydrogen) atoms. The topological polar surface area (TPSA) is 71.1 Å². The molecule has 0 spiro atoms. The molecule has 10 rings (SSSR count). The third-order valence-corrected chi connectivity index (χ3v) is 11.2. The first-order valence-corrected chi connectivity index (χ1v) is 18.9. The van der Waals surface area contributed by atoms with Crippen LogP contribution in [-0.2, 0) is 37.0 Å². The van der Waals surface area contributed by atoms with Crippen molar-refractivity contribution in [3.8, 4) is 46.0 Å². The molecule has 0 aromatic heterocycles. The second-order valence-corrected chi connectivity index (χ2v) is 14.6. The van der Waals surface area contributed by atoms with Gasteiger partial charge in [-0.15, -0.1) is 0 Å². The molecule has 0 aliphatic carbocycles. The van der Waals surface area contributed by atoms with E-state index in [4.69, 9.17) is 33.2 Å². The van der Waals surface area contributed by atoms with Gasteiger partial charge in [-0.3, -0.25) is 9.80 Å². The van der Waals surface area contributed by atoms with Crippen LogP contribution in [0.1, 0.15) is 51.0 Å². The van der Waals surface area contributed by atoms with Crippen LogP contribution in [0.5, 0.6) is 46.0 Å². The minimum atomic E-state index is 0.0483. The Morgan fingerprint density at radius 2 is 1.43 bits per heavy atom. The summed E-state index contributed by atoms with van der Waals surface area (Å²) in [6, 6.07) is 31.5. The Kier molecular flexibility index (Phi) is 9.53. The van der Waals surface area contributed by atoms with Gasteiger partial charge in [0.1, 0.15) is 12.4 Å². The summed E-state index contributed by atoms with van der Waals surface area (Å²) in [7, 11) is 6.10. The molecule has 9 heteroatoms. The van der Waals surface area contributed by atoms with E-state index in [2.05, 4.69) is 90.6 Å². The van der Waals surface area contributed by atoms with E-state index in [-0.39, 0.29) is 18.9 Å². The van der Waals surface area contributed by atoms with Crippen molar-refractivity contribution >= 4 is 0 Å². The molecule has 0 unspecified atom stereocenters. The summed E-state index contributed by atoms with van der Waals surface area (Å²) in [5.41, 5.74) is 8.31. The van der Waals surface area contributed by atoms with Crippen molar-refractivity contribution in [1.29, 1.82) is 0 Å². The van der Waals surface area contributed by atoms with Crippen LogP contribution in [-0.4, -0.2) is 64.1 Å². The molecule has 6 bridgehead atoms. The molecule has 0 saturated carbocycles. The molecule has 0 amide bonds. The zero-order chi connectivity index (χ0) is 36.6. The summed E-state index contributed by atoms with van der Waals surface area (Å²) in [5.74, 6) is 5.59. The minimum Gasteiger partial charge on any atom is -0.493 e. The normalized spacial score (nSPS) is 18.9. The molecule has 5 aromatic rings. The molecular weight excluding hydrogens is 681 g/mol. The van der Waals surface area contributed by atoms with Crippen LogP contribution in [0.4, 0.5) is 0 Å². The van der Waals surface area contributed by atoms with E-state index in [9.17, 15) is 0 Å². The standard InChI is InChI=1S/C45H46N2O7/c1-46-17-15-32-24-39(48-3)41-26-35(32)36(46)22-31-11-14-38(50-20-19-49-27-30-7-5-4-6-8-30)40(23-31)53-34-12-9-29(10-13-34)21-37-43-33(16-18-47(37)2)25-42-44(45(43)54-41)52-28-51-42/h4-14,23-26,36-37H,15-22,27-28H2,1-3H3/t36-,37+/m1/s1. The molecule has 2 atom stereocenters. The van der Waals surface area contributed by atoms with Gasteiger partial charge in [-0.25, -0.2) is 0 Å². The van der Waals surface area contributed by atoms with Gasteiger partial charge >= 0.3 is 0 Å². The van der Waals surface area contributed by atoms with Gasteiger partial charge in [0.05, 0.1) is 20.3 Å². The Morgan fingerprint density at radius 3 is 2.26 bits per heavy atom. The Morgan fingerprint density at radius 1 is 0.667 bits per heavy atom. The Bertz CT molecular complexity index is 2140. The van der Waals surface area contributed by atoms with Crippen LogP contribution in [0.2, 0.25) is 0 Å². The van der Waals surface area contributed by atoms with E-state index in [0.29, 0.717) is 54.3 Å². The third kappa shape index (κ3) is 6.83. The molecule has 5 aliphatic heterocycles. The number of rotatable bonds is 7. The second kappa shape index (κ2) is 14.9.